The molecule has 1 unspecified atom stereocenters. The Morgan fingerprint density at radius 3 is 2.71 bits per heavy atom. The van der Waals surface area contributed by atoms with Crippen molar-refractivity contribution in [2.24, 2.45) is 0 Å². The van der Waals surface area contributed by atoms with E-state index < -0.39 is 28.3 Å². The number of hydrogen-bond donors (Lipinski definition) is 1. The third-order valence-corrected chi connectivity index (χ3v) is 2.54. The molecule has 92 valence electrons. The summed E-state index contributed by atoms with van der Waals surface area (Å²) in [6.45, 7) is 1.35. The maximum atomic E-state index is 13.1. The summed E-state index contributed by atoms with van der Waals surface area (Å²) in [6, 6.07) is 1.41. The lowest BCUT2D eigenvalue weighted by Crippen LogP contribution is -2.33. The van der Waals surface area contributed by atoms with Gasteiger partial charge >= 0.3 is 0 Å². The molecule has 0 spiro atoms. The smallest absolute Gasteiger partial charge is 0.278 e. The van der Waals surface area contributed by atoms with Gasteiger partial charge in [0.25, 0.3) is 5.69 Å². The minimum atomic E-state index is -1.23. The highest BCUT2D eigenvalue weighted by Crippen LogP contribution is 2.30. The molecule has 1 aromatic rings. The zero-order valence-electron chi connectivity index (χ0n) is 8.78. The summed E-state index contributed by atoms with van der Waals surface area (Å²) < 4.78 is 31.3. The molecule has 17 heavy (non-hydrogen) atoms. The Balaban J connectivity index is 2.42. The van der Waals surface area contributed by atoms with Crippen molar-refractivity contribution in [1.29, 1.82) is 0 Å². The van der Waals surface area contributed by atoms with Gasteiger partial charge in [-0.25, -0.2) is 8.78 Å². The molecule has 1 saturated heterocycles. The second-order valence-electron chi connectivity index (χ2n) is 3.65. The molecule has 0 radical (unpaired) electrons. The van der Waals surface area contributed by atoms with Crippen LogP contribution in [-0.4, -0.2) is 24.6 Å². The summed E-state index contributed by atoms with van der Waals surface area (Å²) in [6.07, 6.45) is -0.626. The van der Waals surface area contributed by atoms with E-state index in [9.17, 15) is 18.9 Å². The standard InChI is InChI=1S/C10H10F2N2O3/c11-7-3-6(10-5-13-1-2-17-10)9(14(15)16)4-8(7)12/h3-4,10,13H,1-2,5H2. The molecule has 1 fully saturated rings. The van der Waals surface area contributed by atoms with Crippen molar-refractivity contribution in [3.63, 3.8) is 0 Å². The summed E-state index contributed by atoms with van der Waals surface area (Å²) in [4.78, 5) is 10.0. The van der Waals surface area contributed by atoms with Gasteiger partial charge in [0.2, 0.25) is 0 Å². The molecule has 1 aromatic carbocycles. The first kappa shape index (κ1) is 11.9. The van der Waals surface area contributed by atoms with Crippen LogP contribution in [0.5, 0.6) is 0 Å². The third kappa shape index (κ3) is 2.40. The van der Waals surface area contributed by atoms with Crippen molar-refractivity contribution in [3.05, 3.63) is 39.4 Å². The summed E-state index contributed by atoms with van der Waals surface area (Å²) in [7, 11) is 0. The zero-order chi connectivity index (χ0) is 12.4. The van der Waals surface area contributed by atoms with Crippen molar-refractivity contribution in [3.8, 4) is 0 Å². The number of benzene rings is 1. The minimum absolute atomic E-state index is 0.0566. The highest BCUT2D eigenvalue weighted by molar-refractivity contribution is 5.43. The second-order valence-corrected chi connectivity index (χ2v) is 3.65. The maximum Gasteiger partial charge on any atom is 0.278 e. The SMILES string of the molecule is O=[N+]([O-])c1cc(F)c(F)cc1C1CNCCO1. The first-order valence-electron chi connectivity index (χ1n) is 5.05. The normalized spacial score (nSPS) is 20.2. The Morgan fingerprint density at radius 2 is 2.12 bits per heavy atom. The molecule has 5 nitrogen and oxygen atoms in total. The Hall–Kier alpha value is -1.60. The summed E-state index contributed by atoms with van der Waals surface area (Å²) >= 11 is 0. The molecule has 1 aliphatic heterocycles. The molecule has 0 bridgehead atoms. The molecule has 0 aromatic heterocycles. The number of hydrogen-bond acceptors (Lipinski definition) is 4. The first-order chi connectivity index (χ1) is 8.09. The average molecular weight is 244 g/mol. The molecular weight excluding hydrogens is 234 g/mol. The van der Waals surface area contributed by atoms with Crippen LogP contribution in [0.1, 0.15) is 11.7 Å². The van der Waals surface area contributed by atoms with Crippen LogP contribution in [0.4, 0.5) is 14.5 Å². The summed E-state index contributed by atoms with van der Waals surface area (Å²) in [5, 5.41) is 13.7. The fourth-order valence-electron chi connectivity index (χ4n) is 1.73. The van der Waals surface area contributed by atoms with E-state index in [1.807, 2.05) is 0 Å². The van der Waals surface area contributed by atoms with Crippen LogP contribution in [0.3, 0.4) is 0 Å². The van der Waals surface area contributed by atoms with E-state index in [1.165, 1.54) is 0 Å². The molecule has 1 aliphatic rings. The van der Waals surface area contributed by atoms with E-state index in [2.05, 4.69) is 5.32 Å². The predicted molar refractivity (Wildman–Crippen MR) is 54.6 cm³/mol. The van der Waals surface area contributed by atoms with E-state index in [-0.39, 0.29) is 5.56 Å². The topological polar surface area (TPSA) is 64.4 Å². The van der Waals surface area contributed by atoms with Crippen LogP contribution >= 0.6 is 0 Å². The molecule has 0 amide bonds. The zero-order valence-corrected chi connectivity index (χ0v) is 8.78. The van der Waals surface area contributed by atoms with Gasteiger partial charge in [-0.15, -0.1) is 0 Å². The molecular formula is C10H10F2N2O3. The van der Waals surface area contributed by atoms with E-state index in [1.54, 1.807) is 0 Å². The number of rotatable bonds is 2. The number of nitrogens with zero attached hydrogens (tertiary/aromatic N) is 1. The van der Waals surface area contributed by atoms with Gasteiger partial charge in [-0.1, -0.05) is 0 Å². The molecule has 1 N–H and O–H groups in total. The molecule has 0 saturated carbocycles. The van der Waals surface area contributed by atoms with Crippen LogP contribution < -0.4 is 5.32 Å². The Morgan fingerprint density at radius 1 is 1.41 bits per heavy atom. The number of ether oxygens (including phenoxy) is 1. The lowest BCUT2D eigenvalue weighted by molar-refractivity contribution is -0.386. The van der Waals surface area contributed by atoms with E-state index in [4.69, 9.17) is 4.74 Å². The second kappa shape index (κ2) is 4.72. The van der Waals surface area contributed by atoms with Gasteiger partial charge in [0.05, 0.1) is 23.2 Å². The molecule has 2 rings (SSSR count). The maximum absolute atomic E-state index is 13.1. The minimum Gasteiger partial charge on any atom is -0.371 e. The Labute approximate surface area is 95.5 Å². The molecule has 1 atom stereocenters. The van der Waals surface area contributed by atoms with Gasteiger partial charge in [-0.3, -0.25) is 10.1 Å². The van der Waals surface area contributed by atoms with E-state index >= 15 is 0 Å². The first-order valence-corrected chi connectivity index (χ1v) is 5.05. The Kier molecular flexibility index (Phi) is 3.30. The summed E-state index contributed by atoms with van der Waals surface area (Å²) in [5.41, 5.74) is -0.404. The predicted octanol–water partition coefficient (Wildman–Crippen LogP) is 1.53. The van der Waals surface area contributed by atoms with Gasteiger partial charge in [0, 0.05) is 13.1 Å². The van der Waals surface area contributed by atoms with Gasteiger partial charge < -0.3 is 10.1 Å². The van der Waals surface area contributed by atoms with Gasteiger partial charge in [0.1, 0.15) is 6.10 Å². The quantitative estimate of drug-likeness (QED) is 0.633. The Bertz CT molecular complexity index is 447. The number of nitro groups is 1. The van der Waals surface area contributed by atoms with Crippen molar-refractivity contribution in [1.82, 2.24) is 5.32 Å². The van der Waals surface area contributed by atoms with Crippen molar-refractivity contribution in [2.75, 3.05) is 19.7 Å². The van der Waals surface area contributed by atoms with E-state index in [0.717, 1.165) is 6.07 Å². The fraction of sp³-hybridized carbons (Fsp3) is 0.400. The van der Waals surface area contributed by atoms with E-state index in [0.29, 0.717) is 25.8 Å². The highest BCUT2D eigenvalue weighted by Gasteiger charge is 2.27. The monoisotopic (exact) mass is 244 g/mol. The van der Waals surface area contributed by atoms with Crippen LogP contribution in [0, 0.1) is 21.7 Å². The average Bonchev–Trinajstić information content (AvgIpc) is 2.33. The number of halogens is 2. The lowest BCUT2D eigenvalue weighted by Gasteiger charge is -2.23. The fourth-order valence-corrected chi connectivity index (χ4v) is 1.73. The summed E-state index contributed by atoms with van der Waals surface area (Å²) in [5.74, 6) is -2.34. The van der Waals surface area contributed by atoms with Crippen LogP contribution in [0.25, 0.3) is 0 Å². The van der Waals surface area contributed by atoms with Crippen LogP contribution in [0.2, 0.25) is 0 Å². The molecule has 7 heteroatoms. The highest BCUT2D eigenvalue weighted by atomic mass is 19.2. The lowest BCUT2D eigenvalue weighted by atomic mass is 10.1. The van der Waals surface area contributed by atoms with Crippen LogP contribution in [0.15, 0.2) is 12.1 Å². The van der Waals surface area contributed by atoms with Crippen molar-refractivity contribution < 1.29 is 18.4 Å². The van der Waals surface area contributed by atoms with Gasteiger partial charge in [0.15, 0.2) is 11.6 Å². The van der Waals surface area contributed by atoms with Gasteiger partial charge in [-0.2, -0.15) is 0 Å². The van der Waals surface area contributed by atoms with Crippen molar-refractivity contribution in [2.45, 2.75) is 6.10 Å². The third-order valence-electron chi connectivity index (χ3n) is 2.54. The van der Waals surface area contributed by atoms with Crippen LogP contribution in [-0.2, 0) is 4.74 Å². The largest absolute Gasteiger partial charge is 0.371 e. The molecule has 1 heterocycles. The molecule has 0 aliphatic carbocycles. The number of nitrogens with one attached hydrogen (secondary N) is 1. The van der Waals surface area contributed by atoms with Crippen molar-refractivity contribution >= 4 is 5.69 Å². The number of morpholine rings is 1. The number of nitro benzene ring substituents is 1. The van der Waals surface area contributed by atoms with Gasteiger partial charge in [-0.05, 0) is 6.07 Å².